The molecule has 0 aromatic carbocycles. The number of carboxylic acids is 1. The molecule has 1 saturated heterocycles. The largest absolute Gasteiger partial charge is 0.481 e. The lowest BCUT2D eigenvalue weighted by Gasteiger charge is -2.72. The number of rotatable bonds is 2. The molecule has 6 heteroatoms. The summed E-state index contributed by atoms with van der Waals surface area (Å²) < 4.78 is 12.7. The van der Waals surface area contributed by atoms with Crippen molar-refractivity contribution in [3.8, 4) is 0 Å². The summed E-state index contributed by atoms with van der Waals surface area (Å²) in [7, 11) is 0. The molecule has 39 heavy (non-hydrogen) atoms. The number of hydrogen-bond acceptors (Lipinski definition) is 5. The Morgan fingerprint density at radius 1 is 0.949 bits per heavy atom. The highest BCUT2D eigenvalue weighted by Gasteiger charge is 2.71. The fraction of sp³-hybridized carbons (Fsp3) is 0.909. The van der Waals surface area contributed by atoms with Crippen molar-refractivity contribution >= 4 is 5.97 Å². The molecular formula is C33H52O6. The molecule has 0 aromatic rings. The highest BCUT2D eigenvalue weighted by molar-refractivity contribution is 5.76. The molecule has 0 unspecified atom stereocenters. The monoisotopic (exact) mass is 544 g/mol. The molecule has 220 valence electrons. The average Bonchev–Trinajstić information content (AvgIpc) is 2.85. The molecule has 0 amide bonds. The maximum atomic E-state index is 12.9. The SMILES string of the molecule is CC1(C)OC[C@@]2(C)[C@@H]3CC[C@]4(C)[C@H](CC=C5[C@@H]6C[C@](C)(CO)CC[C@]6(C(=O)O)CC[C@]54C)[C@@]3(C)C[C@@H](O)[C@H]2O1. The van der Waals surface area contributed by atoms with E-state index in [1.165, 1.54) is 5.57 Å². The third kappa shape index (κ3) is 3.50. The van der Waals surface area contributed by atoms with E-state index in [4.69, 9.17) is 9.47 Å². The lowest BCUT2D eigenvalue weighted by Crippen LogP contribution is -2.70. The number of allylic oxidation sites excluding steroid dienone is 2. The van der Waals surface area contributed by atoms with Crippen LogP contribution in [0.3, 0.4) is 0 Å². The van der Waals surface area contributed by atoms with Crippen LogP contribution >= 0.6 is 0 Å². The highest BCUT2D eigenvalue weighted by atomic mass is 16.7. The van der Waals surface area contributed by atoms with Crippen LogP contribution in [0.5, 0.6) is 0 Å². The van der Waals surface area contributed by atoms with E-state index >= 15 is 0 Å². The van der Waals surface area contributed by atoms with Gasteiger partial charge in [0.15, 0.2) is 5.79 Å². The van der Waals surface area contributed by atoms with E-state index in [1.807, 2.05) is 13.8 Å². The third-order valence-corrected chi connectivity index (χ3v) is 14.2. The summed E-state index contributed by atoms with van der Waals surface area (Å²) in [5, 5.41) is 32.5. The van der Waals surface area contributed by atoms with Gasteiger partial charge in [-0.1, -0.05) is 46.3 Å². The minimum atomic E-state index is -0.713. The van der Waals surface area contributed by atoms with Gasteiger partial charge in [-0.15, -0.1) is 0 Å². The summed E-state index contributed by atoms with van der Waals surface area (Å²) in [5.74, 6) is -0.567. The Morgan fingerprint density at radius 2 is 1.64 bits per heavy atom. The van der Waals surface area contributed by atoms with Crippen molar-refractivity contribution in [1.82, 2.24) is 0 Å². The zero-order valence-electron chi connectivity index (χ0n) is 25.3. The quantitative estimate of drug-likeness (QED) is 0.372. The van der Waals surface area contributed by atoms with Gasteiger partial charge in [0.25, 0.3) is 0 Å². The minimum Gasteiger partial charge on any atom is -0.481 e. The molecule has 3 N–H and O–H groups in total. The minimum absolute atomic E-state index is 0.0125. The Bertz CT molecular complexity index is 1080. The molecule has 1 heterocycles. The molecule has 0 aromatic heterocycles. The Labute approximate surface area is 234 Å². The molecule has 6 aliphatic rings. The summed E-state index contributed by atoms with van der Waals surface area (Å²) in [6.45, 7) is 16.4. The van der Waals surface area contributed by atoms with Gasteiger partial charge in [0.2, 0.25) is 0 Å². The first-order chi connectivity index (χ1) is 18.0. The Morgan fingerprint density at radius 3 is 2.31 bits per heavy atom. The molecule has 6 rings (SSSR count). The normalized spacial score (nSPS) is 56.1. The number of carboxylic acid groups (broad SMARTS) is 1. The Kier molecular flexibility index (Phi) is 6.02. The fourth-order valence-corrected chi connectivity index (χ4v) is 11.7. The highest BCUT2D eigenvalue weighted by Crippen LogP contribution is 2.76. The summed E-state index contributed by atoms with van der Waals surface area (Å²) in [6.07, 6.45) is 9.30. The molecule has 0 spiro atoms. The van der Waals surface area contributed by atoms with Crippen LogP contribution < -0.4 is 0 Å². The smallest absolute Gasteiger partial charge is 0.310 e. The fourth-order valence-electron chi connectivity index (χ4n) is 11.7. The molecule has 5 aliphatic carbocycles. The summed E-state index contributed by atoms with van der Waals surface area (Å²) in [4.78, 5) is 12.9. The van der Waals surface area contributed by atoms with Crippen molar-refractivity contribution < 1.29 is 29.6 Å². The first-order valence-electron chi connectivity index (χ1n) is 15.6. The zero-order chi connectivity index (χ0) is 28.4. The van der Waals surface area contributed by atoms with E-state index in [-0.39, 0.29) is 45.7 Å². The molecular weight excluding hydrogens is 492 g/mol. The van der Waals surface area contributed by atoms with Gasteiger partial charge in [-0.25, -0.2) is 0 Å². The molecule has 6 nitrogen and oxygen atoms in total. The van der Waals surface area contributed by atoms with Crippen molar-refractivity contribution in [2.24, 2.45) is 50.2 Å². The van der Waals surface area contributed by atoms with E-state index in [2.05, 4.69) is 40.7 Å². The second kappa shape index (κ2) is 8.33. The first-order valence-corrected chi connectivity index (χ1v) is 15.6. The second-order valence-electron chi connectivity index (χ2n) is 16.5. The van der Waals surface area contributed by atoms with E-state index < -0.39 is 23.3 Å². The standard InChI is InChI=1S/C33H52O6/c1-27(2)38-19-30(5)23-10-11-32(7)24(29(23,4)17-22(35)25(30)39-27)9-8-20-21-16-28(3,18-34)12-14-33(21,26(36)37)15-13-31(20,32)6/h8,21-25,34-35H,9-19H2,1-7H3,(H,36,37)/t21-,22+,23+,24+,25+,28+,29-,30-,31+,32+,33-/m0/s1. The molecule has 1 aliphatic heterocycles. The van der Waals surface area contributed by atoms with Gasteiger partial charge < -0.3 is 24.8 Å². The lowest BCUT2D eigenvalue weighted by molar-refractivity contribution is -0.368. The first kappa shape index (κ1) is 28.2. The van der Waals surface area contributed by atoms with Crippen molar-refractivity contribution in [3.63, 3.8) is 0 Å². The molecule has 0 bridgehead atoms. The Balaban J connectivity index is 1.41. The maximum Gasteiger partial charge on any atom is 0.310 e. The van der Waals surface area contributed by atoms with Crippen LogP contribution in [-0.4, -0.2) is 52.5 Å². The number of aliphatic carboxylic acids is 1. The summed E-state index contributed by atoms with van der Waals surface area (Å²) in [6, 6.07) is 0. The average molecular weight is 545 g/mol. The topological polar surface area (TPSA) is 96.2 Å². The number of aliphatic hydroxyl groups is 2. The predicted octanol–water partition coefficient (Wildman–Crippen LogP) is 5.95. The zero-order valence-corrected chi connectivity index (χ0v) is 25.3. The van der Waals surface area contributed by atoms with Crippen molar-refractivity contribution in [2.75, 3.05) is 13.2 Å². The number of fused-ring (bicyclic) bond motifs is 9. The number of ether oxygens (including phenoxy) is 2. The number of aliphatic hydroxyl groups excluding tert-OH is 2. The van der Waals surface area contributed by atoms with Gasteiger partial charge in [0, 0.05) is 12.0 Å². The summed E-state index contributed by atoms with van der Waals surface area (Å²) in [5.41, 5.74) is 0.0360. The van der Waals surface area contributed by atoms with Gasteiger partial charge in [0.1, 0.15) is 0 Å². The van der Waals surface area contributed by atoms with Crippen LogP contribution in [0.2, 0.25) is 0 Å². The summed E-state index contributed by atoms with van der Waals surface area (Å²) >= 11 is 0. The lowest BCUT2D eigenvalue weighted by atomic mass is 9.33. The van der Waals surface area contributed by atoms with Crippen LogP contribution in [0.25, 0.3) is 0 Å². The molecule has 4 saturated carbocycles. The van der Waals surface area contributed by atoms with Crippen LogP contribution in [0, 0.1) is 50.2 Å². The van der Waals surface area contributed by atoms with Gasteiger partial charge >= 0.3 is 5.97 Å². The maximum absolute atomic E-state index is 12.9. The molecule has 0 radical (unpaired) electrons. The Hall–Kier alpha value is -0.950. The molecule has 11 atom stereocenters. The number of carbonyl (C=O) groups is 1. The van der Waals surface area contributed by atoms with Crippen LogP contribution in [0.1, 0.15) is 106 Å². The van der Waals surface area contributed by atoms with E-state index in [9.17, 15) is 20.1 Å². The predicted molar refractivity (Wildman–Crippen MR) is 149 cm³/mol. The number of hydrogen-bond donors (Lipinski definition) is 3. The van der Waals surface area contributed by atoms with Crippen LogP contribution in [0.4, 0.5) is 0 Å². The van der Waals surface area contributed by atoms with Gasteiger partial charge in [-0.05, 0) is 111 Å². The van der Waals surface area contributed by atoms with E-state index in [1.54, 1.807) is 0 Å². The van der Waals surface area contributed by atoms with Gasteiger partial charge in [-0.3, -0.25) is 4.79 Å². The van der Waals surface area contributed by atoms with E-state index in [0.29, 0.717) is 31.3 Å². The van der Waals surface area contributed by atoms with Gasteiger partial charge in [0.05, 0.1) is 24.2 Å². The second-order valence-corrected chi connectivity index (χ2v) is 16.5. The van der Waals surface area contributed by atoms with E-state index in [0.717, 1.165) is 44.9 Å². The van der Waals surface area contributed by atoms with Crippen LogP contribution in [0.15, 0.2) is 11.6 Å². The third-order valence-electron chi connectivity index (χ3n) is 14.2. The molecule has 5 fully saturated rings. The van der Waals surface area contributed by atoms with Crippen LogP contribution in [-0.2, 0) is 14.3 Å². The van der Waals surface area contributed by atoms with Crippen molar-refractivity contribution in [2.45, 2.75) is 124 Å². The van der Waals surface area contributed by atoms with Crippen molar-refractivity contribution in [1.29, 1.82) is 0 Å². The van der Waals surface area contributed by atoms with Crippen molar-refractivity contribution in [3.05, 3.63) is 11.6 Å². The van der Waals surface area contributed by atoms with Gasteiger partial charge in [-0.2, -0.15) is 0 Å².